The van der Waals surface area contributed by atoms with Crippen LogP contribution < -0.4 is 16.0 Å². The van der Waals surface area contributed by atoms with E-state index >= 15 is 0 Å². The molecule has 2 aliphatic rings. The smallest absolute Gasteiger partial charge is 0.408 e. The predicted octanol–water partition coefficient (Wildman–Crippen LogP) is 6.40. The Balaban J connectivity index is 1.29. The van der Waals surface area contributed by atoms with E-state index in [4.69, 9.17) is 15.5 Å². The molecule has 2 aliphatic heterocycles. The lowest BCUT2D eigenvalue weighted by atomic mass is 9.73. The first-order chi connectivity index (χ1) is 20.8. The quantitative estimate of drug-likeness (QED) is 0.253. The minimum absolute atomic E-state index is 0.0406. The zero-order valence-corrected chi connectivity index (χ0v) is 26.0. The third kappa shape index (κ3) is 5.04. The Kier molecular flexibility index (Phi) is 6.91. The Hall–Kier alpha value is -4.85. The van der Waals surface area contributed by atoms with E-state index in [-0.39, 0.29) is 5.91 Å². The van der Waals surface area contributed by atoms with E-state index in [2.05, 4.69) is 22.9 Å². The molecule has 4 aromatic rings. The molecule has 1 saturated heterocycles. The third-order valence-electron chi connectivity index (χ3n) is 8.59. The number of hydrogen-bond donors (Lipinski definition) is 2. The van der Waals surface area contributed by atoms with Crippen molar-refractivity contribution in [3.63, 3.8) is 0 Å². The second-order valence-corrected chi connectivity index (χ2v) is 13.3. The van der Waals surface area contributed by atoms with Crippen molar-refractivity contribution < 1.29 is 14.3 Å². The molecule has 1 aromatic heterocycles. The van der Waals surface area contributed by atoms with Crippen molar-refractivity contribution in [3.05, 3.63) is 103 Å². The first-order valence-electron chi connectivity index (χ1n) is 14.9. The van der Waals surface area contributed by atoms with Gasteiger partial charge in [-0.15, -0.1) is 0 Å². The van der Waals surface area contributed by atoms with E-state index in [9.17, 15) is 9.59 Å². The third-order valence-corrected chi connectivity index (χ3v) is 8.59. The molecule has 0 unspecified atom stereocenters. The summed E-state index contributed by atoms with van der Waals surface area (Å²) in [6.45, 7) is 14.8. The van der Waals surface area contributed by atoms with E-state index in [1.54, 1.807) is 0 Å². The Morgan fingerprint density at radius 2 is 1.66 bits per heavy atom. The largest absolute Gasteiger partial charge is 0.444 e. The number of amides is 2. The number of pyridine rings is 1. The Morgan fingerprint density at radius 3 is 2.36 bits per heavy atom. The summed E-state index contributed by atoms with van der Waals surface area (Å²) in [6.07, 6.45) is 1.37. The van der Waals surface area contributed by atoms with Crippen LogP contribution in [0.25, 0.3) is 21.9 Å². The number of nitrogens with two attached hydrogens (primary N) is 1. The molecule has 226 valence electrons. The number of nitrogens with one attached hydrogen (secondary N) is 1. The number of likely N-dealkylation sites (tertiary alicyclic amines) is 1. The van der Waals surface area contributed by atoms with Crippen molar-refractivity contribution in [1.82, 2.24) is 15.2 Å². The molecule has 6 rings (SSSR count). The summed E-state index contributed by atoms with van der Waals surface area (Å²) in [4.78, 5) is 35.8. The predicted molar refractivity (Wildman–Crippen MR) is 175 cm³/mol. The van der Waals surface area contributed by atoms with Gasteiger partial charge in [-0.25, -0.2) is 4.79 Å². The molecule has 3 N–H and O–H groups in total. The molecule has 8 nitrogen and oxygen atoms in total. The van der Waals surface area contributed by atoms with Gasteiger partial charge in [-0.3, -0.25) is 9.78 Å². The average molecular weight is 590 g/mol. The van der Waals surface area contributed by atoms with Gasteiger partial charge in [0.2, 0.25) is 5.91 Å². The maximum absolute atomic E-state index is 14.4. The standard InChI is InChI=1S/C36H39N5O3/c1-23(35(5,6)39-33(43)44-34(2,3)4)40-21-36(22-40)28-13-9-10-14-30(28)41(32(36)42)20-29-31(24-15-17-26(37)18-16-24)27-12-8-7-11-25(27)19-38-29/h7-19H,1,20-22,37H2,2-6H3,(H,39,43). The van der Waals surface area contributed by atoms with E-state index in [0.717, 1.165) is 44.5 Å². The van der Waals surface area contributed by atoms with Gasteiger partial charge in [0, 0.05) is 47.3 Å². The number of aromatic nitrogens is 1. The Bertz CT molecular complexity index is 1780. The second kappa shape index (κ2) is 10.4. The fourth-order valence-electron chi connectivity index (χ4n) is 6.33. The van der Waals surface area contributed by atoms with Gasteiger partial charge in [0.25, 0.3) is 0 Å². The summed E-state index contributed by atoms with van der Waals surface area (Å²) in [6, 6.07) is 24.0. The maximum Gasteiger partial charge on any atom is 0.408 e. The van der Waals surface area contributed by atoms with E-state index in [1.165, 1.54) is 0 Å². The van der Waals surface area contributed by atoms with E-state index in [1.807, 2.05) is 112 Å². The lowest BCUT2D eigenvalue weighted by Gasteiger charge is -2.52. The van der Waals surface area contributed by atoms with Crippen molar-refractivity contribution in [2.45, 2.75) is 57.7 Å². The van der Waals surface area contributed by atoms with Crippen molar-refractivity contribution in [3.8, 4) is 11.1 Å². The number of alkyl carbamates (subject to hydrolysis) is 1. The summed E-state index contributed by atoms with van der Waals surface area (Å²) < 4.78 is 5.47. The van der Waals surface area contributed by atoms with Crippen LogP contribution >= 0.6 is 0 Å². The summed E-state index contributed by atoms with van der Waals surface area (Å²) in [5, 5.41) is 5.04. The summed E-state index contributed by atoms with van der Waals surface area (Å²) in [5.74, 6) is 0.0406. The first kappa shape index (κ1) is 29.2. The number of benzene rings is 3. The van der Waals surface area contributed by atoms with Crippen molar-refractivity contribution in [2.75, 3.05) is 23.7 Å². The van der Waals surface area contributed by atoms with E-state index in [0.29, 0.717) is 25.3 Å². The van der Waals surface area contributed by atoms with Crippen LogP contribution in [0.15, 0.2) is 91.3 Å². The number of nitrogen functional groups attached to an aromatic ring is 1. The van der Waals surface area contributed by atoms with Crippen LogP contribution in [-0.4, -0.2) is 46.1 Å². The van der Waals surface area contributed by atoms with Gasteiger partial charge in [-0.05, 0) is 69.3 Å². The highest BCUT2D eigenvalue weighted by atomic mass is 16.6. The highest BCUT2D eigenvalue weighted by Crippen LogP contribution is 2.50. The molecule has 44 heavy (non-hydrogen) atoms. The number of rotatable bonds is 6. The van der Waals surface area contributed by atoms with Crippen LogP contribution in [0.5, 0.6) is 0 Å². The van der Waals surface area contributed by atoms with Gasteiger partial charge in [0.15, 0.2) is 0 Å². The van der Waals surface area contributed by atoms with Crippen LogP contribution in [0.2, 0.25) is 0 Å². The summed E-state index contributed by atoms with van der Waals surface area (Å²) in [7, 11) is 0. The molecular weight excluding hydrogens is 550 g/mol. The number of anilines is 2. The molecule has 8 heteroatoms. The number of nitrogens with zero attached hydrogens (tertiary/aromatic N) is 3. The topological polar surface area (TPSA) is 101 Å². The molecule has 0 aliphatic carbocycles. The number of ether oxygens (including phenoxy) is 1. The van der Waals surface area contributed by atoms with Crippen LogP contribution in [0.3, 0.4) is 0 Å². The summed E-state index contributed by atoms with van der Waals surface area (Å²) in [5.41, 5.74) is 10.0. The van der Waals surface area contributed by atoms with Crippen LogP contribution in [0.1, 0.15) is 45.9 Å². The highest BCUT2D eigenvalue weighted by molar-refractivity contribution is 6.09. The van der Waals surface area contributed by atoms with E-state index < -0.39 is 22.6 Å². The Morgan fingerprint density at radius 1 is 1.00 bits per heavy atom. The summed E-state index contributed by atoms with van der Waals surface area (Å²) >= 11 is 0. The number of carbonyl (C=O) groups is 2. The lowest BCUT2D eigenvalue weighted by molar-refractivity contribution is -0.128. The molecule has 3 heterocycles. The van der Waals surface area contributed by atoms with Crippen molar-refractivity contribution >= 4 is 34.1 Å². The molecular formula is C36H39N5O3. The molecule has 0 bridgehead atoms. The highest BCUT2D eigenvalue weighted by Gasteiger charge is 2.59. The van der Waals surface area contributed by atoms with Gasteiger partial charge >= 0.3 is 6.09 Å². The minimum Gasteiger partial charge on any atom is -0.444 e. The lowest BCUT2D eigenvalue weighted by Crippen LogP contribution is -2.66. The van der Waals surface area contributed by atoms with Crippen LogP contribution in [-0.2, 0) is 21.5 Å². The molecule has 0 atom stereocenters. The number of para-hydroxylation sites is 1. The maximum atomic E-state index is 14.4. The molecule has 2 amide bonds. The number of carbonyl (C=O) groups excluding carboxylic acids is 2. The average Bonchev–Trinajstić information content (AvgIpc) is 3.18. The fraction of sp³-hybridized carbons (Fsp3) is 0.306. The minimum atomic E-state index is -0.770. The van der Waals surface area contributed by atoms with Gasteiger partial charge in [-0.1, -0.05) is 61.2 Å². The normalized spacial score (nSPS) is 15.7. The van der Waals surface area contributed by atoms with Crippen LogP contribution in [0.4, 0.5) is 16.2 Å². The number of fused-ring (bicyclic) bond motifs is 3. The molecule has 3 aromatic carbocycles. The zero-order chi connectivity index (χ0) is 31.4. The fourth-order valence-corrected chi connectivity index (χ4v) is 6.33. The number of hydrogen-bond acceptors (Lipinski definition) is 6. The van der Waals surface area contributed by atoms with Gasteiger partial charge in [0.05, 0.1) is 17.8 Å². The molecule has 1 spiro atoms. The van der Waals surface area contributed by atoms with Gasteiger partial charge in [-0.2, -0.15) is 0 Å². The van der Waals surface area contributed by atoms with Crippen molar-refractivity contribution in [1.29, 1.82) is 0 Å². The molecule has 0 saturated carbocycles. The first-order valence-corrected chi connectivity index (χ1v) is 14.9. The Labute approximate surface area is 258 Å². The molecule has 1 fully saturated rings. The zero-order valence-electron chi connectivity index (χ0n) is 26.0. The molecule has 0 radical (unpaired) electrons. The van der Waals surface area contributed by atoms with Gasteiger partial charge < -0.3 is 25.6 Å². The monoisotopic (exact) mass is 589 g/mol. The van der Waals surface area contributed by atoms with Crippen molar-refractivity contribution in [2.24, 2.45) is 0 Å². The SMILES string of the molecule is C=C(N1CC2(C1)C(=O)N(Cc1ncc3ccccc3c1-c1ccc(N)cc1)c1ccccc12)C(C)(C)NC(=O)OC(C)(C)C. The van der Waals surface area contributed by atoms with Gasteiger partial charge in [0.1, 0.15) is 11.0 Å². The second-order valence-electron chi connectivity index (χ2n) is 13.3. The van der Waals surface area contributed by atoms with Crippen LogP contribution in [0, 0.1) is 0 Å².